The first kappa shape index (κ1) is 10.6. The minimum absolute atomic E-state index is 0.0544. The summed E-state index contributed by atoms with van der Waals surface area (Å²) < 4.78 is 25.8. The Morgan fingerprint density at radius 1 is 1.36 bits per heavy atom. The number of hydrogen-bond acceptors (Lipinski definition) is 3. The fourth-order valence-electron chi connectivity index (χ4n) is 1.02. The molecule has 0 aliphatic rings. The standard InChI is InChI=1S/C9H9F2NO2/c10-8-5(6(13)3-4-12)1-2-7(14)9(8)11/h1-2,14H,3-4,12H2. The smallest absolute Gasteiger partial charge is 0.201 e. The molecule has 0 bridgehead atoms. The third-order valence-corrected chi connectivity index (χ3v) is 1.73. The second kappa shape index (κ2) is 4.15. The topological polar surface area (TPSA) is 63.3 Å². The van der Waals surface area contributed by atoms with Gasteiger partial charge in [-0.1, -0.05) is 0 Å². The lowest BCUT2D eigenvalue weighted by Crippen LogP contribution is -2.10. The Kier molecular flexibility index (Phi) is 3.14. The molecular weight excluding hydrogens is 192 g/mol. The van der Waals surface area contributed by atoms with Gasteiger partial charge in [0.05, 0.1) is 5.56 Å². The van der Waals surface area contributed by atoms with Gasteiger partial charge >= 0.3 is 0 Å². The summed E-state index contributed by atoms with van der Waals surface area (Å²) in [5.74, 6) is -4.13. The number of halogens is 2. The van der Waals surface area contributed by atoms with Crippen LogP contribution in [0.25, 0.3) is 0 Å². The second-order valence-corrected chi connectivity index (χ2v) is 2.72. The highest BCUT2D eigenvalue weighted by Gasteiger charge is 2.17. The number of phenolic OH excluding ortho intramolecular Hbond substituents is 1. The lowest BCUT2D eigenvalue weighted by atomic mass is 10.1. The van der Waals surface area contributed by atoms with Crippen molar-refractivity contribution < 1.29 is 18.7 Å². The van der Waals surface area contributed by atoms with Crippen molar-refractivity contribution in [2.75, 3.05) is 6.54 Å². The van der Waals surface area contributed by atoms with Crippen molar-refractivity contribution in [2.45, 2.75) is 6.42 Å². The zero-order chi connectivity index (χ0) is 10.7. The zero-order valence-corrected chi connectivity index (χ0v) is 7.26. The number of carbonyl (C=O) groups excluding carboxylic acids is 1. The summed E-state index contributed by atoms with van der Waals surface area (Å²) in [6.45, 7) is 0.0702. The summed E-state index contributed by atoms with van der Waals surface area (Å²) in [7, 11) is 0. The van der Waals surface area contributed by atoms with Gasteiger partial charge in [-0.2, -0.15) is 4.39 Å². The van der Waals surface area contributed by atoms with Crippen molar-refractivity contribution in [3.8, 4) is 5.75 Å². The highest BCUT2D eigenvalue weighted by atomic mass is 19.2. The van der Waals surface area contributed by atoms with Crippen LogP contribution in [-0.4, -0.2) is 17.4 Å². The molecule has 5 heteroatoms. The lowest BCUT2D eigenvalue weighted by Gasteiger charge is -2.03. The predicted octanol–water partition coefficient (Wildman–Crippen LogP) is 1.20. The first-order chi connectivity index (χ1) is 6.57. The van der Waals surface area contributed by atoms with Gasteiger partial charge in [0.1, 0.15) is 0 Å². The summed E-state index contributed by atoms with van der Waals surface area (Å²) in [4.78, 5) is 11.2. The maximum absolute atomic E-state index is 13.0. The Morgan fingerprint density at radius 2 is 2.00 bits per heavy atom. The van der Waals surface area contributed by atoms with Gasteiger partial charge in [0, 0.05) is 6.42 Å². The number of benzene rings is 1. The molecule has 1 aromatic rings. The van der Waals surface area contributed by atoms with Crippen molar-refractivity contribution in [3.05, 3.63) is 29.3 Å². The van der Waals surface area contributed by atoms with Gasteiger partial charge in [-0.15, -0.1) is 0 Å². The van der Waals surface area contributed by atoms with Gasteiger partial charge < -0.3 is 10.8 Å². The van der Waals surface area contributed by atoms with Crippen LogP contribution < -0.4 is 5.73 Å². The minimum Gasteiger partial charge on any atom is -0.505 e. The summed E-state index contributed by atoms with van der Waals surface area (Å²) >= 11 is 0. The van der Waals surface area contributed by atoms with Gasteiger partial charge in [0.15, 0.2) is 17.3 Å². The quantitative estimate of drug-likeness (QED) is 0.722. The molecule has 0 amide bonds. The SMILES string of the molecule is NCCC(=O)c1ccc(O)c(F)c1F. The van der Waals surface area contributed by atoms with Crippen LogP contribution in [0.15, 0.2) is 12.1 Å². The van der Waals surface area contributed by atoms with E-state index in [0.29, 0.717) is 0 Å². The molecule has 0 aromatic heterocycles. The van der Waals surface area contributed by atoms with Crippen LogP contribution in [0.3, 0.4) is 0 Å². The zero-order valence-electron chi connectivity index (χ0n) is 7.26. The lowest BCUT2D eigenvalue weighted by molar-refractivity contribution is 0.0980. The van der Waals surface area contributed by atoms with Crippen molar-refractivity contribution in [1.29, 1.82) is 0 Å². The van der Waals surface area contributed by atoms with Gasteiger partial charge in [0.25, 0.3) is 0 Å². The van der Waals surface area contributed by atoms with E-state index >= 15 is 0 Å². The Labute approximate surface area is 79.2 Å². The first-order valence-corrected chi connectivity index (χ1v) is 3.98. The summed E-state index contributed by atoms with van der Waals surface area (Å²) in [5.41, 5.74) is 4.71. The Hall–Kier alpha value is -1.49. The van der Waals surface area contributed by atoms with E-state index in [1.165, 1.54) is 0 Å². The Bertz CT molecular complexity index is 366. The van der Waals surface area contributed by atoms with Crippen LogP contribution in [0, 0.1) is 11.6 Å². The summed E-state index contributed by atoms with van der Waals surface area (Å²) in [5, 5.41) is 8.79. The highest BCUT2D eigenvalue weighted by molar-refractivity contribution is 5.96. The number of aromatic hydroxyl groups is 1. The van der Waals surface area contributed by atoms with Gasteiger partial charge in [-0.25, -0.2) is 4.39 Å². The molecule has 0 radical (unpaired) electrons. The molecule has 76 valence electrons. The van der Waals surface area contributed by atoms with Crippen molar-refractivity contribution in [1.82, 2.24) is 0 Å². The maximum atomic E-state index is 13.0. The van der Waals surface area contributed by atoms with E-state index in [4.69, 9.17) is 10.8 Å². The van der Waals surface area contributed by atoms with Crippen LogP contribution in [0.5, 0.6) is 5.75 Å². The number of rotatable bonds is 3. The van der Waals surface area contributed by atoms with E-state index in [1.54, 1.807) is 0 Å². The molecular formula is C9H9F2NO2. The van der Waals surface area contributed by atoms with Gasteiger partial charge in [-0.05, 0) is 18.7 Å². The predicted molar refractivity (Wildman–Crippen MR) is 46.0 cm³/mol. The van der Waals surface area contributed by atoms with E-state index in [2.05, 4.69) is 0 Å². The molecule has 0 aliphatic carbocycles. The Morgan fingerprint density at radius 3 is 2.57 bits per heavy atom. The Balaban J connectivity index is 3.11. The van der Waals surface area contributed by atoms with Crippen LogP contribution in [0.4, 0.5) is 8.78 Å². The van der Waals surface area contributed by atoms with E-state index in [-0.39, 0.29) is 18.5 Å². The molecule has 1 rings (SSSR count). The normalized spacial score (nSPS) is 10.2. The second-order valence-electron chi connectivity index (χ2n) is 2.72. The molecule has 0 saturated carbocycles. The molecule has 3 nitrogen and oxygen atoms in total. The van der Waals surface area contributed by atoms with Crippen molar-refractivity contribution in [2.24, 2.45) is 5.73 Å². The molecule has 0 saturated heterocycles. The molecule has 1 aromatic carbocycles. The van der Waals surface area contributed by atoms with Crippen LogP contribution >= 0.6 is 0 Å². The molecule has 0 atom stereocenters. The largest absolute Gasteiger partial charge is 0.505 e. The number of carbonyl (C=O) groups is 1. The molecule has 0 spiro atoms. The molecule has 0 unspecified atom stereocenters. The number of ketones is 1. The first-order valence-electron chi connectivity index (χ1n) is 3.98. The average molecular weight is 201 g/mol. The molecule has 0 heterocycles. The van der Waals surface area contributed by atoms with Gasteiger partial charge in [0.2, 0.25) is 5.82 Å². The molecule has 3 N–H and O–H groups in total. The van der Waals surface area contributed by atoms with E-state index in [9.17, 15) is 13.6 Å². The maximum Gasteiger partial charge on any atom is 0.201 e. The van der Waals surface area contributed by atoms with Crippen LogP contribution in [0.1, 0.15) is 16.8 Å². The van der Waals surface area contributed by atoms with E-state index < -0.39 is 23.2 Å². The minimum atomic E-state index is -1.41. The van der Waals surface area contributed by atoms with E-state index in [1.807, 2.05) is 0 Å². The van der Waals surface area contributed by atoms with Crippen LogP contribution in [-0.2, 0) is 0 Å². The van der Waals surface area contributed by atoms with Gasteiger partial charge in [-0.3, -0.25) is 4.79 Å². The van der Waals surface area contributed by atoms with Crippen molar-refractivity contribution in [3.63, 3.8) is 0 Å². The molecule has 0 fully saturated rings. The number of hydrogen-bond donors (Lipinski definition) is 2. The average Bonchev–Trinajstić information content (AvgIpc) is 2.15. The molecule has 14 heavy (non-hydrogen) atoms. The third kappa shape index (κ3) is 1.88. The number of nitrogens with two attached hydrogens (primary N) is 1. The fraction of sp³-hybridized carbons (Fsp3) is 0.222. The summed E-state index contributed by atoms with van der Waals surface area (Å²) in [6, 6.07) is 1.97. The number of Topliss-reactive ketones (excluding diaryl/α,β-unsaturated/α-hetero) is 1. The third-order valence-electron chi connectivity index (χ3n) is 1.73. The fourth-order valence-corrected chi connectivity index (χ4v) is 1.02. The monoisotopic (exact) mass is 201 g/mol. The van der Waals surface area contributed by atoms with Crippen molar-refractivity contribution >= 4 is 5.78 Å². The highest BCUT2D eigenvalue weighted by Crippen LogP contribution is 2.21. The summed E-state index contributed by atoms with van der Waals surface area (Å²) in [6.07, 6.45) is -0.0544. The van der Waals surface area contributed by atoms with E-state index in [0.717, 1.165) is 12.1 Å². The molecule has 0 aliphatic heterocycles. The number of phenols is 1. The van der Waals surface area contributed by atoms with Crippen LogP contribution in [0.2, 0.25) is 0 Å².